The summed E-state index contributed by atoms with van der Waals surface area (Å²) < 4.78 is 0. The van der Waals surface area contributed by atoms with Crippen LogP contribution in [0.1, 0.15) is 33.0 Å². The number of aromatic carboxylic acids is 1. The van der Waals surface area contributed by atoms with Crippen molar-refractivity contribution in [3.05, 3.63) is 93.1 Å². The average Bonchev–Trinajstić information content (AvgIpc) is 3.36. The Morgan fingerprint density at radius 2 is 1.84 bits per heavy atom. The average molecular weight is 536 g/mol. The van der Waals surface area contributed by atoms with Crippen molar-refractivity contribution < 1.29 is 19.5 Å². The third kappa shape index (κ3) is 4.46. The van der Waals surface area contributed by atoms with E-state index in [1.165, 1.54) is 12.3 Å². The number of nitrogens with one attached hydrogen (secondary N) is 1. The molecule has 11 heteroatoms. The summed E-state index contributed by atoms with van der Waals surface area (Å²) in [5.41, 5.74) is 0.581. The standard InChI is InChI=1S/C26H19Cl2N5O4/c27-19-7-16(8-20(28)9-19)12-33-24(36)26(31-25(33)37)14-32(22-6-5-18(11-30-22)23(34)35)13-21(26)17-3-1-15(10-29)2-4-17/h1-9,11,21H,12-14H2,(H,31,37)(H,34,35)/t21-,26+/m0/s1. The number of benzene rings is 2. The summed E-state index contributed by atoms with van der Waals surface area (Å²) in [6, 6.07) is 16.3. The number of carboxylic acid groups (broad SMARTS) is 1. The van der Waals surface area contributed by atoms with Crippen LogP contribution >= 0.6 is 23.2 Å². The molecule has 9 nitrogen and oxygen atoms in total. The molecule has 37 heavy (non-hydrogen) atoms. The fraction of sp³-hybridized carbons (Fsp3) is 0.192. The fourth-order valence-electron chi connectivity index (χ4n) is 4.92. The summed E-state index contributed by atoms with van der Waals surface area (Å²) >= 11 is 12.2. The molecule has 3 aromatic rings. The van der Waals surface area contributed by atoms with Gasteiger partial charge in [0.15, 0.2) is 0 Å². The summed E-state index contributed by atoms with van der Waals surface area (Å²) in [5.74, 6) is -1.50. The van der Waals surface area contributed by atoms with Gasteiger partial charge in [0.25, 0.3) is 5.91 Å². The topological polar surface area (TPSA) is 127 Å². The monoisotopic (exact) mass is 535 g/mol. The molecule has 2 N–H and O–H groups in total. The van der Waals surface area contributed by atoms with Gasteiger partial charge in [-0.25, -0.2) is 14.6 Å². The van der Waals surface area contributed by atoms with E-state index in [0.29, 0.717) is 33.5 Å². The SMILES string of the molecule is N#Cc1ccc([C@@H]2CN(c3ccc(C(=O)O)cn3)C[C@@]23NC(=O)N(Cc2cc(Cl)cc(Cl)c2)C3=O)cc1. The van der Waals surface area contributed by atoms with Crippen LogP contribution in [0.5, 0.6) is 0 Å². The number of pyridine rings is 1. The van der Waals surface area contributed by atoms with E-state index in [2.05, 4.69) is 16.4 Å². The van der Waals surface area contributed by atoms with E-state index in [-0.39, 0.29) is 18.7 Å². The first-order valence-electron chi connectivity index (χ1n) is 11.2. The molecular formula is C26H19Cl2N5O4. The number of halogens is 2. The van der Waals surface area contributed by atoms with Gasteiger partial charge in [-0.05, 0) is 53.6 Å². The van der Waals surface area contributed by atoms with E-state index in [9.17, 15) is 24.8 Å². The van der Waals surface area contributed by atoms with Gasteiger partial charge in [0.2, 0.25) is 0 Å². The molecule has 2 fully saturated rings. The maximum absolute atomic E-state index is 13.9. The highest BCUT2D eigenvalue weighted by Crippen LogP contribution is 2.42. The molecule has 2 atom stereocenters. The molecule has 1 spiro atoms. The first-order chi connectivity index (χ1) is 17.7. The van der Waals surface area contributed by atoms with Gasteiger partial charge in [-0.2, -0.15) is 5.26 Å². The van der Waals surface area contributed by atoms with Gasteiger partial charge in [-0.1, -0.05) is 35.3 Å². The zero-order chi connectivity index (χ0) is 26.3. The second kappa shape index (κ2) is 9.39. The van der Waals surface area contributed by atoms with Crippen molar-refractivity contribution >= 4 is 46.9 Å². The van der Waals surface area contributed by atoms with Gasteiger partial charge in [0.05, 0.1) is 30.3 Å². The van der Waals surface area contributed by atoms with Gasteiger partial charge in [0, 0.05) is 28.7 Å². The number of urea groups is 1. The summed E-state index contributed by atoms with van der Waals surface area (Å²) in [5, 5.41) is 22.1. The predicted octanol–water partition coefficient (Wildman–Crippen LogP) is 4.05. The number of nitriles is 1. The van der Waals surface area contributed by atoms with Crippen LogP contribution in [-0.2, 0) is 11.3 Å². The molecule has 186 valence electrons. The van der Waals surface area contributed by atoms with Crippen LogP contribution in [0.4, 0.5) is 10.6 Å². The Labute approximate surface area is 221 Å². The number of aromatic nitrogens is 1. The van der Waals surface area contributed by atoms with Gasteiger partial charge in [-0.3, -0.25) is 9.69 Å². The molecule has 0 unspecified atom stereocenters. The minimum absolute atomic E-state index is 0.0155. The second-order valence-corrected chi connectivity index (χ2v) is 9.82. The van der Waals surface area contributed by atoms with E-state index in [0.717, 1.165) is 10.5 Å². The van der Waals surface area contributed by atoms with Crippen molar-refractivity contribution in [2.45, 2.75) is 18.0 Å². The number of anilines is 1. The van der Waals surface area contributed by atoms with Crippen molar-refractivity contribution in [2.24, 2.45) is 0 Å². The van der Waals surface area contributed by atoms with Crippen molar-refractivity contribution in [3.8, 4) is 6.07 Å². The van der Waals surface area contributed by atoms with E-state index in [4.69, 9.17) is 23.2 Å². The lowest BCUT2D eigenvalue weighted by Gasteiger charge is -2.28. The van der Waals surface area contributed by atoms with Gasteiger partial charge in [0.1, 0.15) is 11.4 Å². The van der Waals surface area contributed by atoms with Crippen LogP contribution in [0.3, 0.4) is 0 Å². The number of carbonyl (C=O) groups excluding carboxylic acids is 2. The number of amides is 3. The molecule has 2 aromatic carbocycles. The smallest absolute Gasteiger partial charge is 0.337 e. The highest BCUT2D eigenvalue weighted by molar-refractivity contribution is 6.34. The van der Waals surface area contributed by atoms with Crippen LogP contribution < -0.4 is 10.2 Å². The normalized spacial score (nSPS) is 20.8. The third-order valence-electron chi connectivity index (χ3n) is 6.66. The van der Waals surface area contributed by atoms with Crippen LogP contribution in [0, 0.1) is 11.3 Å². The highest BCUT2D eigenvalue weighted by atomic mass is 35.5. The van der Waals surface area contributed by atoms with E-state index in [1.54, 1.807) is 48.5 Å². The minimum Gasteiger partial charge on any atom is -0.478 e. The highest BCUT2D eigenvalue weighted by Gasteiger charge is 2.60. The van der Waals surface area contributed by atoms with Crippen LogP contribution in [0.15, 0.2) is 60.8 Å². The largest absolute Gasteiger partial charge is 0.478 e. The number of rotatable bonds is 5. The molecule has 2 aliphatic heterocycles. The van der Waals surface area contributed by atoms with Crippen molar-refractivity contribution in [3.63, 3.8) is 0 Å². The van der Waals surface area contributed by atoms with Gasteiger partial charge in [-0.15, -0.1) is 0 Å². The number of nitrogens with zero attached hydrogens (tertiary/aromatic N) is 4. The maximum Gasteiger partial charge on any atom is 0.337 e. The Bertz CT molecular complexity index is 1440. The van der Waals surface area contributed by atoms with Gasteiger partial charge < -0.3 is 15.3 Å². The summed E-state index contributed by atoms with van der Waals surface area (Å²) in [6.07, 6.45) is 1.25. The molecule has 3 amide bonds. The quantitative estimate of drug-likeness (QED) is 0.471. The lowest BCUT2D eigenvalue weighted by atomic mass is 9.81. The summed E-state index contributed by atoms with van der Waals surface area (Å²) in [6.45, 7) is 0.432. The minimum atomic E-state index is -1.30. The molecular weight excluding hydrogens is 517 g/mol. The zero-order valence-electron chi connectivity index (χ0n) is 19.2. The van der Waals surface area contributed by atoms with Crippen LogP contribution in [0.2, 0.25) is 10.0 Å². The van der Waals surface area contributed by atoms with Gasteiger partial charge >= 0.3 is 12.0 Å². The Morgan fingerprint density at radius 1 is 1.14 bits per heavy atom. The number of imide groups is 1. The molecule has 2 aliphatic rings. The third-order valence-corrected chi connectivity index (χ3v) is 7.10. The molecule has 0 radical (unpaired) electrons. The van der Waals surface area contributed by atoms with E-state index < -0.39 is 29.4 Å². The fourth-order valence-corrected chi connectivity index (χ4v) is 5.49. The first kappa shape index (κ1) is 24.6. The number of carbonyl (C=O) groups is 3. The molecule has 0 bridgehead atoms. The molecule has 0 saturated carbocycles. The molecule has 2 saturated heterocycles. The van der Waals surface area contributed by atoms with Crippen LogP contribution in [-0.4, -0.2) is 51.5 Å². The Kier molecular flexibility index (Phi) is 6.23. The lowest BCUT2D eigenvalue weighted by Crippen LogP contribution is -2.53. The Balaban J connectivity index is 1.51. The Hall–Kier alpha value is -4.13. The molecule has 5 rings (SSSR count). The number of hydrogen-bond acceptors (Lipinski definition) is 6. The maximum atomic E-state index is 13.9. The van der Waals surface area contributed by atoms with Crippen LogP contribution in [0.25, 0.3) is 0 Å². The predicted molar refractivity (Wildman–Crippen MR) is 136 cm³/mol. The first-order valence-corrected chi connectivity index (χ1v) is 12.0. The summed E-state index contributed by atoms with van der Waals surface area (Å²) in [4.78, 5) is 45.6. The van der Waals surface area contributed by atoms with Crippen molar-refractivity contribution in [1.82, 2.24) is 15.2 Å². The zero-order valence-corrected chi connectivity index (χ0v) is 20.7. The Morgan fingerprint density at radius 3 is 2.43 bits per heavy atom. The van der Waals surface area contributed by atoms with E-state index in [1.807, 2.05) is 4.90 Å². The number of hydrogen-bond donors (Lipinski definition) is 2. The molecule has 3 heterocycles. The summed E-state index contributed by atoms with van der Waals surface area (Å²) in [7, 11) is 0. The van der Waals surface area contributed by atoms with Crippen molar-refractivity contribution in [2.75, 3.05) is 18.0 Å². The second-order valence-electron chi connectivity index (χ2n) is 8.95. The molecule has 0 aliphatic carbocycles. The lowest BCUT2D eigenvalue weighted by molar-refractivity contribution is -0.131. The van der Waals surface area contributed by atoms with Crippen molar-refractivity contribution in [1.29, 1.82) is 5.26 Å². The molecule has 1 aromatic heterocycles. The number of carboxylic acids is 1. The van der Waals surface area contributed by atoms with E-state index >= 15 is 0 Å².